The van der Waals surface area contributed by atoms with E-state index in [-0.39, 0.29) is 0 Å². The average molecular weight is 222 g/mol. The van der Waals surface area contributed by atoms with Crippen molar-refractivity contribution < 1.29 is 4.42 Å². The highest BCUT2D eigenvalue weighted by Gasteiger charge is 2.07. The molecule has 0 aliphatic carbocycles. The third-order valence-corrected chi connectivity index (χ3v) is 2.97. The summed E-state index contributed by atoms with van der Waals surface area (Å²) < 4.78 is 5.93. The Morgan fingerprint density at radius 2 is 1.82 bits per heavy atom. The first-order valence-corrected chi connectivity index (χ1v) is 5.97. The van der Waals surface area contributed by atoms with E-state index in [9.17, 15) is 0 Å². The fourth-order valence-corrected chi connectivity index (χ4v) is 2.15. The van der Waals surface area contributed by atoms with Crippen LogP contribution < -0.4 is 0 Å². The van der Waals surface area contributed by atoms with E-state index in [1.54, 1.807) is 0 Å². The zero-order chi connectivity index (χ0) is 11.7. The Bertz CT molecular complexity index is 689. The van der Waals surface area contributed by atoms with E-state index in [1.165, 1.54) is 10.8 Å². The van der Waals surface area contributed by atoms with Crippen LogP contribution in [-0.4, -0.2) is 0 Å². The van der Waals surface area contributed by atoms with Crippen molar-refractivity contribution in [2.24, 2.45) is 0 Å². The van der Waals surface area contributed by atoms with Crippen molar-refractivity contribution in [3.8, 4) is 0 Å². The van der Waals surface area contributed by atoms with Crippen LogP contribution in [0.25, 0.3) is 28.0 Å². The third-order valence-electron chi connectivity index (χ3n) is 2.97. The smallest absolute Gasteiger partial charge is 0.142 e. The number of rotatable bonds is 2. The van der Waals surface area contributed by atoms with Gasteiger partial charge in [0.1, 0.15) is 11.2 Å². The summed E-state index contributed by atoms with van der Waals surface area (Å²) in [6.45, 7) is 2.13. The molecule has 84 valence electrons. The molecular formula is C16H14O. The Balaban J connectivity index is 2.35. The molecule has 3 rings (SSSR count). The highest BCUT2D eigenvalue weighted by atomic mass is 16.3. The number of para-hydroxylation sites is 2. The largest absolute Gasteiger partial charge is 0.455 e. The van der Waals surface area contributed by atoms with Gasteiger partial charge < -0.3 is 4.42 Å². The average Bonchev–Trinajstić information content (AvgIpc) is 2.75. The molecule has 1 heterocycles. The Hall–Kier alpha value is -2.02. The third kappa shape index (κ3) is 1.64. The summed E-state index contributed by atoms with van der Waals surface area (Å²) in [6, 6.07) is 14.5. The summed E-state index contributed by atoms with van der Waals surface area (Å²) in [4.78, 5) is 0. The van der Waals surface area contributed by atoms with Crippen molar-refractivity contribution in [2.45, 2.75) is 13.3 Å². The van der Waals surface area contributed by atoms with Gasteiger partial charge in [-0.2, -0.15) is 0 Å². The molecule has 1 nitrogen and oxygen atoms in total. The fourth-order valence-electron chi connectivity index (χ4n) is 2.15. The zero-order valence-electron chi connectivity index (χ0n) is 9.81. The van der Waals surface area contributed by atoms with Crippen LogP contribution in [0.5, 0.6) is 0 Å². The highest BCUT2D eigenvalue weighted by molar-refractivity contribution is 6.07. The topological polar surface area (TPSA) is 13.1 Å². The van der Waals surface area contributed by atoms with Crippen LogP contribution in [0, 0.1) is 0 Å². The van der Waals surface area contributed by atoms with Gasteiger partial charge in [0.2, 0.25) is 0 Å². The summed E-state index contributed by atoms with van der Waals surface area (Å²) >= 11 is 0. The number of fused-ring (bicyclic) bond motifs is 3. The van der Waals surface area contributed by atoms with Crippen LogP contribution in [0.4, 0.5) is 0 Å². The Morgan fingerprint density at radius 3 is 2.71 bits per heavy atom. The highest BCUT2D eigenvalue weighted by Crippen LogP contribution is 2.31. The standard InChI is InChI=1S/C16H14O/c1-2-3-7-12-8-6-10-14-13-9-4-5-11-15(13)17-16(12)14/h3-11H,2H2,1H3. The lowest BCUT2D eigenvalue weighted by Gasteiger charge is -1.94. The number of furan rings is 1. The van der Waals surface area contributed by atoms with Gasteiger partial charge in [-0.15, -0.1) is 0 Å². The first kappa shape index (κ1) is 10.2. The van der Waals surface area contributed by atoms with E-state index >= 15 is 0 Å². The van der Waals surface area contributed by atoms with Crippen molar-refractivity contribution in [2.75, 3.05) is 0 Å². The molecule has 3 aromatic rings. The number of allylic oxidation sites excluding steroid dienone is 1. The van der Waals surface area contributed by atoms with Crippen molar-refractivity contribution >= 4 is 28.0 Å². The second-order valence-electron chi connectivity index (χ2n) is 4.13. The molecular weight excluding hydrogens is 208 g/mol. The maximum atomic E-state index is 5.93. The van der Waals surface area contributed by atoms with Gasteiger partial charge in [-0.05, 0) is 12.5 Å². The van der Waals surface area contributed by atoms with Gasteiger partial charge in [0.25, 0.3) is 0 Å². The van der Waals surface area contributed by atoms with Crippen LogP contribution in [0.15, 0.2) is 53.0 Å². The van der Waals surface area contributed by atoms with Gasteiger partial charge >= 0.3 is 0 Å². The lowest BCUT2D eigenvalue weighted by molar-refractivity contribution is 0.668. The minimum Gasteiger partial charge on any atom is -0.455 e. The first-order valence-electron chi connectivity index (χ1n) is 5.97. The maximum Gasteiger partial charge on any atom is 0.142 e. The lowest BCUT2D eigenvalue weighted by Crippen LogP contribution is -1.72. The van der Waals surface area contributed by atoms with Gasteiger partial charge in [0, 0.05) is 16.3 Å². The van der Waals surface area contributed by atoms with E-state index in [1.807, 2.05) is 18.2 Å². The van der Waals surface area contributed by atoms with Gasteiger partial charge in [-0.3, -0.25) is 0 Å². The summed E-state index contributed by atoms with van der Waals surface area (Å²) in [7, 11) is 0. The second kappa shape index (κ2) is 4.10. The minimum atomic E-state index is 0.958. The molecule has 0 aliphatic heterocycles. The molecule has 17 heavy (non-hydrogen) atoms. The number of benzene rings is 2. The van der Waals surface area contributed by atoms with Crippen LogP contribution in [-0.2, 0) is 0 Å². The molecule has 0 atom stereocenters. The summed E-state index contributed by atoms with van der Waals surface area (Å²) in [5.41, 5.74) is 3.10. The monoisotopic (exact) mass is 222 g/mol. The molecule has 0 bridgehead atoms. The Kier molecular flexibility index (Phi) is 2.45. The molecule has 1 heteroatoms. The molecule has 0 amide bonds. The molecule has 0 aliphatic rings. The first-order chi connectivity index (χ1) is 8.40. The minimum absolute atomic E-state index is 0.958. The molecule has 0 saturated carbocycles. The zero-order valence-corrected chi connectivity index (χ0v) is 9.81. The van der Waals surface area contributed by atoms with Crippen LogP contribution in [0.2, 0.25) is 0 Å². The molecule has 0 unspecified atom stereocenters. The Labute approximate surface area is 100 Å². The van der Waals surface area contributed by atoms with Crippen molar-refractivity contribution in [1.82, 2.24) is 0 Å². The van der Waals surface area contributed by atoms with Crippen LogP contribution >= 0.6 is 0 Å². The van der Waals surface area contributed by atoms with E-state index in [0.717, 1.165) is 23.2 Å². The molecule has 0 N–H and O–H groups in total. The second-order valence-corrected chi connectivity index (χ2v) is 4.13. The summed E-state index contributed by atoms with van der Waals surface area (Å²) in [5, 5.41) is 2.38. The summed E-state index contributed by atoms with van der Waals surface area (Å²) in [6.07, 6.45) is 5.32. The number of hydrogen-bond acceptors (Lipinski definition) is 1. The van der Waals surface area contributed by atoms with Gasteiger partial charge in [0.15, 0.2) is 0 Å². The quantitative estimate of drug-likeness (QED) is 0.594. The van der Waals surface area contributed by atoms with Crippen molar-refractivity contribution in [3.05, 3.63) is 54.1 Å². The molecule has 0 fully saturated rings. The molecule has 0 spiro atoms. The molecule has 0 radical (unpaired) electrons. The van der Waals surface area contributed by atoms with E-state index < -0.39 is 0 Å². The fraction of sp³-hybridized carbons (Fsp3) is 0.125. The predicted molar refractivity (Wildman–Crippen MR) is 73.0 cm³/mol. The van der Waals surface area contributed by atoms with Crippen LogP contribution in [0.1, 0.15) is 18.9 Å². The van der Waals surface area contributed by atoms with Crippen molar-refractivity contribution in [1.29, 1.82) is 0 Å². The number of hydrogen-bond donors (Lipinski definition) is 0. The Morgan fingerprint density at radius 1 is 1.00 bits per heavy atom. The maximum absolute atomic E-state index is 5.93. The predicted octanol–water partition coefficient (Wildman–Crippen LogP) is 5.01. The van der Waals surface area contributed by atoms with Gasteiger partial charge in [0.05, 0.1) is 0 Å². The molecule has 0 saturated heterocycles. The van der Waals surface area contributed by atoms with E-state index in [0.29, 0.717) is 0 Å². The van der Waals surface area contributed by atoms with Crippen LogP contribution in [0.3, 0.4) is 0 Å². The van der Waals surface area contributed by atoms with Gasteiger partial charge in [-0.1, -0.05) is 55.5 Å². The normalized spacial score (nSPS) is 11.8. The van der Waals surface area contributed by atoms with Crippen molar-refractivity contribution in [3.63, 3.8) is 0 Å². The van der Waals surface area contributed by atoms with E-state index in [4.69, 9.17) is 4.42 Å². The molecule has 1 aromatic heterocycles. The molecule has 2 aromatic carbocycles. The van der Waals surface area contributed by atoms with Gasteiger partial charge in [-0.25, -0.2) is 0 Å². The van der Waals surface area contributed by atoms with E-state index in [2.05, 4.69) is 43.3 Å². The summed E-state index contributed by atoms with van der Waals surface area (Å²) in [5.74, 6) is 0. The SMILES string of the molecule is CCC=Cc1cccc2c1oc1ccccc12. The lowest BCUT2D eigenvalue weighted by atomic mass is 10.1.